The van der Waals surface area contributed by atoms with E-state index in [1.807, 2.05) is 26.0 Å². The van der Waals surface area contributed by atoms with Crippen LogP contribution in [0.25, 0.3) is 10.9 Å². The Hall–Kier alpha value is -1.07. The van der Waals surface area contributed by atoms with Crippen LogP contribution < -0.4 is 0 Å². The molecule has 0 bridgehead atoms. The molecule has 0 aliphatic heterocycles. The summed E-state index contributed by atoms with van der Waals surface area (Å²) in [4.78, 5) is 0. The Bertz CT molecular complexity index is 631. The first kappa shape index (κ1) is 10.4. The van der Waals surface area contributed by atoms with Crippen LogP contribution in [0, 0.1) is 13.8 Å². The van der Waals surface area contributed by atoms with E-state index >= 15 is 0 Å². The smallest absolute Gasteiger partial charge is 0.265 e. The predicted molar refractivity (Wildman–Crippen MR) is 58.6 cm³/mol. The summed E-state index contributed by atoms with van der Waals surface area (Å²) in [6, 6.07) is 3.74. The van der Waals surface area contributed by atoms with Gasteiger partial charge in [-0.2, -0.15) is 5.10 Å². The predicted octanol–water partition coefficient (Wildman–Crippen LogP) is 2.11. The lowest BCUT2D eigenvalue weighted by molar-refractivity contribution is 0.606. The lowest BCUT2D eigenvalue weighted by Crippen LogP contribution is -1.92. The van der Waals surface area contributed by atoms with Gasteiger partial charge < -0.3 is 0 Å². The van der Waals surface area contributed by atoms with E-state index in [2.05, 4.69) is 10.2 Å². The number of halogens is 1. The minimum Gasteiger partial charge on any atom is -0.265 e. The van der Waals surface area contributed by atoms with Crippen LogP contribution in [0.5, 0.6) is 0 Å². The van der Waals surface area contributed by atoms with E-state index in [0.717, 1.165) is 11.1 Å². The number of benzene rings is 1. The third kappa shape index (κ3) is 1.61. The molecule has 0 spiro atoms. The van der Waals surface area contributed by atoms with E-state index in [9.17, 15) is 8.42 Å². The Morgan fingerprint density at radius 3 is 2.47 bits per heavy atom. The fourth-order valence-corrected chi connectivity index (χ4v) is 2.56. The number of rotatable bonds is 1. The third-order valence-electron chi connectivity index (χ3n) is 2.33. The lowest BCUT2D eigenvalue weighted by atomic mass is 10.1. The maximum atomic E-state index is 11.3. The summed E-state index contributed by atoms with van der Waals surface area (Å²) in [6.45, 7) is 3.69. The molecule has 0 amide bonds. The molecular formula is C9H9ClN2O2S. The second-order valence-electron chi connectivity index (χ2n) is 3.41. The molecule has 6 heteroatoms. The number of aromatic amines is 1. The lowest BCUT2D eigenvalue weighted by Gasteiger charge is -1.99. The van der Waals surface area contributed by atoms with Crippen molar-refractivity contribution in [3.05, 3.63) is 23.3 Å². The maximum absolute atomic E-state index is 11.3. The molecule has 0 aliphatic carbocycles. The first-order valence-corrected chi connectivity index (χ1v) is 6.61. The van der Waals surface area contributed by atoms with E-state index in [0.29, 0.717) is 10.9 Å². The summed E-state index contributed by atoms with van der Waals surface area (Å²) >= 11 is 0. The molecule has 1 heterocycles. The van der Waals surface area contributed by atoms with Gasteiger partial charge in [0.1, 0.15) is 0 Å². The molecule has 1 aromatic heterocycles. The van der Waals surface area contributed by atoms with Gasteiger partial charge in [-0.15, -0.1) is 0 Å². The van der Waals surface area contributed by atoms with Crippen molar-refractivity contribution in [3.63, 3.8) is 0 Å². The minimum atomic E-state index is -3.77. The Labute approximate surface area is 91.7 Å². The van der Waals surface area contributed by atoms with Gasteiger partial charge in [-0.3, -0.25) is 5.10 Å². The van der Waals surface area contributed by atoms with Gasteiger partial charge in [0.25, 0.3) is 9.05 Å². The molecule has 2 rings (SSSR count). The van der Waals surface area contributed by atoms with Gasteiger partial charge >= 0.3 is 0 Å². The molecule has 80 valence electrons. The fourth-order valence-electron chi connectivity index (χ4n) is 1.57. The fraction of sp³-hybridized carbons (Fsp3) is 0.222. The summed E-state index contributed by atoms with van der Waals surface area (Å²) in [6.07, 6.45) is 0. The van der Waals surface area contributed by atoms with Crippen molar-refractivity contribution < 1.29 is 8.42 Å². The van der Waals surface area contributed by atoms with E-state index in [4.69, 9.17) is 10.7 Å². The largest absolute Gasteiger partial charge is 0.278 e. The van der Waals surface area contributed by atoms with Gasteiger partial charge in [-0.1, -0.05) is 12.1 Å². The molecule has 4 nitrogen and oxygen atoms in total. The number of hydrogen-bond acceptors (Lipinski definition) is 3. The summed E-state index contributed by atoms with van der Waals surface area (Å²) in [5, 5.41) is 6.97. The molecule has 1 N–H and O–H groups in total. The third-order valence-corrected chi connectivity index (χ3v) is 3.57. The van der Waals surface area contributed by atoms with Crippen LogP contribution in [0.15, 0.2) is 17.2 Å². The quantitative estimate of drug-likeness (QED) is 0.782. The summed E-state index contributed by atoms with van der Waals surface area (Å²) in [5.41, 5.74) is 2.40. The first-order chi connectivity index (χ1) is 6.91. The van der Waals surface area contributed by atoms with Crippen LogP contribution in [0.3, 0.4) is 0 Å². The van der Waals surface area contributed by atoms with Gasteiger partial charge in [0.05, 0.1) is 5.52 Å². The van der Waals surface area contributed by atoms with Crippen LogP contribution in [0.2, 0.25) is 0 Å². The average Bonchev–Trinajstić information content (AvgIpc) is 2.55. The topological polar surface area (TPSA) is 62.8 Å². The second kappa shape index (κ2) is 3.21. The second-order valence-corrected chi connectivity index (χ2v) is 5.92. The standard InChI is InChI=1S/C9H9ClN2O2S/c1-5-3-4-6(2)8-7(5)9(12-11-8)15(10,13)14/h3-4H,1-2H3,(H,11,12). The summed E-state index contributed by atoms with van der Waals surface area (Å²) in [7, 11) is 1.53. The summed E-state index contributed by atoms with van der Waals surface area (Å²) in [5.74, 6) is 0. The van der Waals surface area contributed by atoms with Gasteiger partial charge in [0.2, 0.25) is 0 Å². The van der Waals surface area contributed by atoms with Crippen molar-refractivity contribution >= 4 is 30.6 Å². The highest BCUT2D eigenvalue weighted by molar-refractivity contribution is 8.13. The number of nitrogens with one attached hydrogen (secondary N) is 1. The van der Waals surface area contributed by atoms with Crippen molar-refractivity contribution in [2.24, 2.45) is 0 Å². The normalized spacial score (nSPS) is 12.2. The number of hydrogen-bond donors (Lipinski definition) is 1. The maximum Gasteiger partial charge on any atom is 0.278 e. The van der Waals surface area contributed by atoms with Crippen molar-refractivity contribution in [1.29, 1.82) is 0 Å². The molecule has 2 aromatic rings. The molecular weight excluding hydrogens is 236 g/mol. The monoisotopic (exact) mass is 244 g/mol. The molecule has 0 saturated heterocycles. The molecule has 0 radical (unpaired) electrons. The molecule has 0 unspecified atom stereocenters. The first-order valence-electron chi connectivity index (χ1n) is 4.30. The van der Waals surface area contributed by atoms with Gasteiger partial charge in [0.15, 0.2) is 5.03 Å². The molecule has 0 atom stereocenters. The Morgan fingerprint density at radius 1 is 1.27 bits per heavy atom. The Morgan fingerprint density at radius 2 is 1.87 bits per heavy atom. The highest BCUT2D eigenvalue weighted by Crippen LogP contribution is 2.27. The average molecular weight is 245 g/mol. The van der Waals surface area contributed by atoms with Gasteiger partial charge in [-0.05, 0) is 25.0 Å². The number of nitrogens with zero attached hydrogens (tertiary/aromatic N) is 1. The van der Waals surface area contributed by atoms with Crippen molar-refractivity contribution in [3.8, 4) is 0 Å². The molecule has 0 aliphatic rings. The molecule has 0 saturated carbocycles. The molecule has 1 aromatic carbocycles. The van der Waals surface area contributed by atoms with Crippen LogP contribution >= 0.6 is 10.7 Å². The van der Waals surface area contributed by atoms with Crippen LogP contribution in [-0.4, -0.2) is 18.6 Å². The number of aromatic nitrogens is 2. The van der Waals surface area contributed by atoms with Gasteiger partial charge in [0, 0.05) is 16.1 Å². The zero-order chi connectivity index (χ0) is 11.2. The highest BCUT2D eigenvalue weighted by atomic mass is 35.7. The summed E-state index contributed by atoms with van der Waals surface area (Å²) < 4.78 is 22.5. The minimum absolute atomic E-state index is 0.0274. The zero-order valence-corrected chi connectivity index (χ0v) is 9.78. The van der Waals surface area contributed by atoms with E-state index in [1.54, 1.807) is 0 Å². The zero-order valence-electron chi connectivity index (χ0n) is 8.20. The SMILES string of the molecule is Cc1ccc(C)c2c(S(=O)(=O)Cl)[nH]nc12. The van der Waals surface area contributed by atoms with Gasteiger partial charge in [-0.25, -0.2) is 8.42 Å². The molecule has 0 fully saturated rings. The Kier molecular flexibility index (Phi) is 2.24. The Balaban J connectivity index is 2.98. The van der Waals surface area contributed by atoms with Crippen molar-refractivity contribution in [1.82, 2.24) is 10.2 Å². The van der Waals surface area contributed by atoms with Crippen LogP contribution in [-0.2, 0) is 9.05 Å². The van der Waals surface area contributed by atoms with Crippen molar-refractivity contribution in [2.45, 2.75) is 18.9 Å². The van der Waals surface area contributed by atoms with E-state index < -0.39 is 9.05 Å². The molecule has 15 heavy (non-hydrogen) atoms. The van der Waals surface area contributed by atoms with E-state index in [-0.39, 0.29) is 5.03 Å². The number of fused-ring (bicyclic) bond motifs is 1. The highest BCUT2D eigenvalue weighted by Gasteiger charge is 2.19. The van der Waals surface area contributed by atoms with Crippen LogP contribution in [0.4, 0.5) is 0 Å². The van der Waals surface area contributed by atoms with Crippen molar-refractivity contribution in [2.75, 3.05) is 0 Å². The van der Waals surface area contributed by atoms with E-state index in [1.165, 1.54) is 0 Å². The number of H-pyrrole nitrogens is 1. The number of aryl methyl sites for hydroxylation is 2. The van der Waals surface area contributed by atoms with Crippen LogP contribution in [0.1, 0.15) is 11.1 Å².